The molecule has 7 nitrogen and oxygen atoms in total. The molecule has 2 N–H and O–H groups in total. The Bertz CT molecular complexity index is 1210. The Morgan fingerprint density at radius 1 is 0.806 bits per heavy atom. The first-order valence-corrected chi connectivity index (χ1v) is 10.0. The number of nitrogens with one attached hydrogen (secondary N) is 2. The lowest BCUT2D eigenvalue weighted by molar-refractivity contribution is -0.128. The number of halogens is 2. The summed E-state index contributed by atoms with van der Waals surface area (Å²) in [5.74, 6) is -2.48. The Morgan fingerprint density at radius 2 is 1.39 bits per heavy atom. The molecule has 31 heavy (non-hydrogen) atoms. The Morgan fingerprint density at radius 3 is 2.06 bits per heavy atom. The number of rotatable bonds is 4. The van der Waals surface area contributed by atoms with Crippen LogP contribution in [0.3, 0.4) is 0 Å². The Balaban J connectivity index is 1.37. The first-order chi connectivity index (χ1) is 14.8. The molecule has 0 aromatic heterocycles. The number of hydrogen-bond donors (Lipinski definition) is 2. The third kappa shape index (κ3) is 4.10. The minimum absolute atomic E-state index is 0.0473. The lowest BCUT2D eigenvalue weighted by Gasteiger charge is -2.14. The second-order valence-electron chi connectivity index (χ2n) is 6.92. The summed E-state index contributed by atoms with van der Waals surface area (Å²) in [6.07, 6.45) is 0.0473. The van der Waals surface area contributed by atoms with Gasteiger partial charge in [0.25, 0.3) is 17.7 Å². The highest BCUT2D eigenvalue weighted by Crippen LogP contribution is 2.31. The highest BCUT2D eigenvalue weighted by atomic mass is 35.5. The first-order valence-electron chi connectivity index (χ1n) is 9.24. The van der Waals surface area contributed by atoms with Crippen LogP contribution in [0.2, 0.25) is 10.0 Å². The fourth-order valence-electron chi connectivity index (χ4n) is 3.41. The fraction of sp³-hybridized carbons (Fsp3) is 0.0909. The van der Waals surface area contributed by atoms with E-state index >= 15 is 0 Å². The molecular weight excluding hydrogens is 441 g/mol. The van der Waals surface area contributed by atoms with Gasteiger partial charge in [-0.25, -0.2) is 0 Å². The minimum Gasteiger partial charge on any atom is -0.273 e. The zero-order valence-corrected chi connectivity index (χ0v) is 17.5. The van der Waals surface area contributed by atoms with Gasteiger partial charge in [0.1, 0.15) is 6.54 Å². The molecule has 0 aliphatic carbocycles. The molecule has 0 saturated heterocycles. The smallest absolute Gasteiger partial charge is 0.262 e. The fourth-order valence-corrected chi connectivity index (χ4v) is 3.74. The van der Waals surface area contributed by atoms with Crippen molar-refractivity contribution in [3.63, 3.8) is 0 Å². The molecule has 0 bridgehead atoms. The summed E-state index contributed by atoms with van der Waals surface area (Å²) in [6.45, 7) is -0.559. The zero-order chi connectivity index (χ0) is 22.1. The summed E-state index contributed by atoms with van der Waals surface area (Å²) < 4.78 is 0. The van der Waals surface area contributed by atoms with E-state index in [2.05, 4.69) is 10.9 Å². The Hall–Kier alpha value is -3.42. The number of carbonyl (C=O) groups excluding carboxylic acids is 4. The van der Waals surface area contributed by atoms with Crippen molar-refractivity contribution in [2.45, 2.75) is 6.42 Å². The molecule has 1 aliphatic heterocycles. The second kappa shape index (κ2) is 8.37. The van der Waals surface area contributed by atoms with Crippen molar-refractivity contribution in [3.05, 3.63) is 81.3 Å². The Labute approximate surface area is 186 Å². The Kier molecular flexibility index (Phi) is 5.63. The van der Waals surface area contributed by atoms with E-state index in [0.717, 1.165) is 21.2 Å². The standard InChI is InChI=1S/C22H15Cl2N3O4/c23-17-9-15-16(10-18(17)24)22(31)27(21(15)30)11-20(29)26-25-19(28)8-13-6-3-5-12-4-1-2-7-14(12)13/h1-7,9-10H,8,11H2,(H,25,28)(H,26,29). The van der Waals surface area contributed by atoms with Gasteiger partial charge in [-0.3, -0.25) is 34.9 Å². The number of imide groups is 1. The van der Waals surface area contributed by atoms with E-state index < -0.39 is 30.2 Å². The second-order valence-corrected chi connectivity index (χ2v) is 7.73. The van der Waals surface area contributed by atoms with Gasteiger partial charge in [-0.15, -0.1) is 0 Å². The molecule has 1 aliphatic rings. The van der Waals surface area contributed by atoms with Gasteiger partial charge in [-0.1, -0.05) is 65.7 Å². The van der Waals surface area contributed by atoms with Crippen LogP contribution < -0.4 is 10.9 Å². The van der Waals surface area contributed by atoms with Crippen molar-refractivity contribution >= 4 is 57.6 Å². The van der Waals surface area contributed by atoms with Gasteiger partial charge in [0.15, 0.2) is 0 Å². The summed E-state index contributed by atoms with van der Waals surface area (Å²) in [6, 6.07) is 15.9. The van der Waals surface area contributed by atoms with E-state index in [1.54, 1.807) is 0 Å². The van der Waals surface area contributed by atoms with Crippen molar-refractivity contribution < 1.29 is 19.2 Å². The maximum atomic E-state index is 12.4. The molecule has 0 radical (unpaired) electrons. The van der Waals surface area contributed by atoms with E-state index in [9.17, 15) is 19.2 Å². The third-order valence-electron chi connectivity index (χ3n) is 4.89. The average molecular weight is 456 g/mol. The monoisotopic (exact) mass is 455 g/mol. The number of hydrogen-bond acceptors (Lipinski definition) is 4. The van der Waals surface area contributed by atoms with Gasteiger partial charge in [-0.05, 0) is 28.5 Å². The quantitative estimate of drug-likeness (QED) is 0.466. The lowest BCUT2D eigenvalue weighted by atomic mass is 10.0. The van der Waals surface area contributed by atoms with Crippen molar-refractivity contribution in [1.29, 1.82) is 0 Å². The van der Waals surface area contributed by atoms with E-state index in [1.807, 2.05) is 42.5 Å². The molecular formula is C22H15Cl2N3O4. The van der Waals surface area contributed by atoms with Crippen molar-refractivity contribution in [2.75, 3.05) is 6.54 Å². The average Bonchev–Trinajstić information content (AvgIpc) is 2.97. The van der Waals surface area contributed by atoms with E-state index in [-0.39, 0.29) is 27.6 Å². The largest absolute Gasteiger partial charge is 0.273 e. The van der Waals surface area contributed by atoms with Crippen molar-refractivity contribution in [3.8, 4) is 0 Å². The van der Waals surface area contributed by atoms with Crippen LogP contribution in [-0.4, -0.2) is 35.1 Å². The van der Waals surface area contributed by atoms with Gasteiger partial charge in [-0.2, -0.15) is 0 Å². The highest BCUT2D eigenvalue weighted by Gasteiger charge is 2.37. The zero-order valence-electron chi connectivity index (χ0n) is 15.9. The molecule has 9 heteroatoms. The molecule has 0 unspecified atom stereocenters. The number of amides is 4. The summed E-state index contributed by atoms with van der Waals surface area (Å²) in [5, 5.41) is 2.21. The van der Waals surface area contributed by atoms with Crippen LogP contribution in [0.1, 0.15) is 26.3 Å². The summed E-state index contributed by atoms with van der Waals surface area (Å²) in [5.41, 5.74) is 5.50. The summed E-state index contributed by atoms with van der Waals surface area (Å²) in [7, 11) is 0. The van der Waals surface area contributed by atoms with Crippen LogP contribution in [0.25, 0.3) is 10.8 Å². The molecule has 3 aromatic carbocycles. The lowest BCUT2D eigenvalue weighted by Crippen LogP contribution is -2.48. The molecule has 3 aromatic rings. The third-order valence-corrected chi connectivity index (χ3v) is 5.61. The maximum absolute atomic E-state index is 12.4. The van der Waals surface area contributed by atoms with Gasteiger partial charge in [0.05, 0.1) is 27.6 Å². The van der Waals surface area contributed by atoms with E-state index in [0.29, 0.717) is 0 Å². The van der Waals surface area contributed by atoms with Crippen molar-refractivity contribution in [2.24, 2.45) is 0 Å². The number of nitrogens with zero attached hydrogens (tertiary/aromatic N) is 1. The number of carbonyl (C=O) groups is 4. The topological polar surface area (TPSA) is 95.6 Å². The maximum Gasteiger partial charge on any atom is 0.262 e. The number of hydrazine groups is 1. The van der Waals surface area contributed by atoms with Crippen LogP contribution in [0, 0.1) is 0 Å². The molecule has 0 fully saturated rings. The molecule has 0 atom stereocenters. The van der Waals surface area contributed by atoms with Crippen LogP contribution >= 0.6 is 23.2 Å². The molecule has 0 spiro atoms. The highest BCUT2D eigenvalue weighted by molar-refractivity contribution is 6.43. The predicted molar refractivity (Wildman–Crippen MR) is 116 cm³/mol. The molecule has 4 rings (SSSR count). The van der Waals surface area contributed by atoms with Crippen LogP contribution in [0.4, 0.5) is 0 Å². The molecule has 4 amide bonds. The van der Waals surface area contributed by atoms with Crippen LogP contribution in [0.15, 0.2) is 54.6 Å². The SMILES string of the molecule is O=C(Cc1cccc2ccccc12)NNC(=O)CN1C(=O)c2cc(Cl)c(Cl)cc2C1=O. The predicted octanol–water partition coefficient (Wildman–Crippen LogP) is 3.13. The van der Waals surface area contributed by atoms with Gasteiger partial charge < -0.3 is 0 Å². The molecule has 0 saturated carbocycles. The van der Waals surface area contributed by atoms with Gasteiger partial charge in [0.2, 0.25) is 5.91 Å². The van der Waals surface area contributed by atoms with Crippen LogP contribution in [-0.2, 0) is 16.0 Å². The molecule has 1 heterocycles. The van der Waals surface area contributed by atoms with E-state index in [1.165, 1.54) is 12.1 Å². The summed E-state index contributed by atoms with van der Waals surface area (Å²) >= 11 is 11.8. The van der Waals surface area contributed by atoms with E-state index in [4.69, 9.17) is 23.2 Å². The van der Waals surface area contributed by atoms with Crippen LogP contribution in [0.5, 0.6) is 0 Å². The first kappa shape index (κ1) is 20.8. The normalized spacial score (nSPS) is 12.8. The minimum atomic E-state index is -0.724. The number of fused-ring (bicyclic) bond motifs is 2. The molecule has 156 valence electrons. The van der Waals surface area contributed by atoms with Gasteiger partial charge >= 0.3 is 0 Å². The van der Waals surface area contributed by atoms with Crippen molar-refractivity contribution in [1.82, 2.24) is 15.8 Å². The summed E-state index contributed by atoms with van der Waals surface area (Å²) in [4.78, 5) is 50.2. The number of benzene rings is 3. The van der Waals surface area contributed by atoms with Gasteiger partial charge in [0, 0.05) is 0 Å².